The number of methoxy groups -OCH3 is 2. The molecule has 1 aromatic carbocycles. The summed E-state index contributed by atoms with van der Waals surface area (Å²) in [6, 6.07) is 11.7. The summed E-state index contributed by atoms with van der Waals surface area (Å²) in [6.07, 6.45) is 4.05. The van der Waals surface area contributed by atoms with Crippen LogP contribution in [0.3, 0.4) is 0 Å². The summed E-state index contributed by atoms with van der Waals surface area (Å²) in [5.74, 6) is -0.264. The van der Waals surface area contributed by atoms with Crippen molar-refractivity contribution in [1.29, 1.82) is 0 Å². The van der Waals surface area contributed by atoms with Crippen LogP contribution in [0.25, 0.3) is 0 Å². The van der Waals surface area contributed by atoms with E-state index in [4.69, 9.17) is 9.47 Å². The lowest BCUT2D eigenvalue weighted by Crippen LogP contribution is -2.38. The molecule has 1 aliphatic heterocycles. The first-order chi connectivity index (χ1) is 14.5. The lowest BCUT2D eigenvalue weighted by molar-refractivity contribution is -0.120. The molecule has 162 valence electrons. The van der Waals surface area contributed by atoms with E-state index in [9.17, 15) is 9.59 Å². The van der Waals surface area contributed by atoms with Crippen LogP contribution in [0.5, 0.6) is 0 Å². The van der Waals surface area contributed by atoms with Crippen LogP contribution < -0.4 is 4.90 Å². The molecule has 1 atom stereocenters. The Morgan fingerprint density at radius 1 is 1.20 bits per heavy atom. The maximum Gasteiger partial charge on any atom is 0.354 e. The van der Waals surface area contributed by atoms with E-state index >= 15 is 0 Å². The van der Waals surface area contributed by atoms with Crippen molar-refractivity contribution < 1.29 is 19.1 Å². The average molecular weight is 524 g/mol. The van der Waals surface area contributed by atoms with E-state index in [0.717, 1.165) is 47.2 Å². The fourth-order valence-corrected chi connectivity index (χ4v) is 5.18. The van der Waals surface area contributed by atoms with Crippen molar-refractivity contribution in [2.24, 2.45) is 0 Å². The van der Waals surface area contributed by atoms with Crippen molar-refractivity contribution in [2.45, 2.75) is 51.0 Å². The maximum atomic E-state index is 13.2. The third-order valence-corrected chi connectivity index (χ3v) is 7.06. The minimum absolute atomic E-state index is 0.0469. The Hall–Kier alpha value is -1.87. The van der Waals surface area contributed by atoms with Gasteiger partial charge in [-0.1, -0.05) is 19.1 Å². The minimum Gasteiger partial charge on any atom is -0.464 e. The van der Waals surface area contributed by atoms with Crippen molar-refractivity contribution >= 4 is 40.2 Å². The van der Waals surface area contributed by atoms with Gasteiger partial charge in [0.05, 0.1) is 12.8 Å². The number of hydrogen-bond donors (Lipinski definition) is 0. The predicted molar refractivity (Wildman–Crippen MR) is 125 cm³/mol. The number of ether oxygens (including phenoxy) is 2. The Kier molecular flexibility index (Phi) is 7.57. The number of rotatable bonds is 8. The SMILES string of the molecule is CC[C@]1(CCC(=O)N(COC)c2ccccc2I)CCCn2c(C(=O)OC)ccc21. The topological polar surface area (TPSA) is 60.8 Å². The van der Waals surface area contributed by atoms with Gasteiger partial charge in [-0.25, -0.2) is 4.79 Å². The van der Waals surface area contributed by atoms with E-state index in [1.54, 1.807) is 12.0 Å². The molecule has 6 nitrogen and oxygen atoms in total. The first kappa shape index (κ1) is 22.8. The molecular weight excluding hydrogens is 495 g/mol. The predicted octanol–water partition coefficient (Wildman–Crippen LogP) is 4.74. The Labute approximate surface area is 191 Å². The van der Waals surface area contributed by atoms with Crippen molar-refractivity contribution in [3.63, 3.8) is 0 Å². The Morgan fingerprint density at radius 2 is 1.97 bits per heavy atom. The van der Waals surface area contributed by atoms with Gasteiger partial charge in [-0.3, -0.25) is 9.69 Å². The Balaban J connectivity index is 1.83. The van der Waals surface area contributed by atoms with E-state index in [-0.39, 0.29) is 24.0 Å². The summed E-state index contributed by atoms with van der Waals surface area (Å²) in [5, 5.41) is 0. The molecule has 0 bridgehead atoms. The van der Waals surface area contributed by atoms with Crippen LogP contribution in [-0.4, -0.2) is 37.4 Å². The molecule has 1 aliphatic rings. The first-order valence-corrected chi connectivity index (χ1v) is 11.4. The molecule has 0 aliphatic carbocycles. The van der Waals surface area contributed by atoms with Crippen molar-refractivity contribution in [1.82, 2.24) is 4.57 Å². The molecule has 2 aromatic rings. The number of nitrogens with zero attached hydrogens (tertiary/aromatic N) is 2. The second kappa shape index (κ2) is 9.96. The molecule has 2 heterocycles. The van der Waals surface area contributed by atoms with Crippen LogP contribution in [-0.2, 0) is 26.2 Å². The molecule has 0 spiro atoms. The van der Waals surface area contributed by atoms with Gasteiger partial charge in [0.15, 0.2) is 0 Å². The molecule has 30 heavy (non-hydrogen) atoms. The second-order valence-corrected chi connectivity index (χ2v) is 8.84. The molecule has 0 saturated carbocycles. The van der Waals surface area contributed by atoms with Gasteiger partial charge < -0.3 is 14.0 Å². The fourth-order valence-electron chi connectivity index (χ4n) is 4.50. The maximum absolute atomic E-state index is 13.2. The van der Waals surface area contributed by atoms with Crippen molar-refractivity contribution in [3.05, 3.63) is 51.4 Å². The molecule has 3 rings (SSSR count). The van der Waals surface area contributed by atoms with Crippen molar-refractivity contribution in [3.8, 4) is 0 Å². The summed E-state index contributed by atoms with van der Waals surface area (Å²) in [6.45, 7) is 3.19. The summed E-state index contributed by atoms with van der Waals surface area (Å²) in [5.41, 5.74) is 2.48. The van der Waals surface area contributed by atoms with Crippen LogP contribution in [0.2, 0.25) is 0 Å². The van der Waals surface area contributed by atoms with Gasteiger partial charge in [-0.2, -0.15) is 0 Å². The van der Waals surface area contributed by atoms with Crippen LogP contribution >= 0.6 is 22.6 Å². The molecule has 7 heteroatoms. The third kappa shape index (κ3) is 4.42. The van der Waals surface area contributed by atoms with E-state index in [0.29, 0.717) is 12.1 Å². The molecule has 1 amide bonds. The molecule has 0 saturated heterocycles. The number of amides is 1. The van der Waals surface area contributed by atoms with Gasteiger partial charge in [0.25, 0.3) is 0 Å². The molecule has 0 fully saturated rings. The fraction of sp³-hybridized carbons (Fsp3) is 0.478. The van der Waals surface area contributed by atoms with Gasteiger partial charge in [-0.05, 0) is 72.5 Å². The Bertz CT molecular complexity index is 910. The summed E-state index contributed by atoms with van der Waals surface area (Å²) < 4.78 is 13.4. The number of carbonyl (C=O) groups excluding carboxylic acids is 2. The van der Waals surface area contributed by atoms with E-state index in [1.165, 1.54) is 7.11 Å². The van der Waals surface area contributed by atoms with Crippen LogP contribution in [0.1, 0.15) is 55.2 Å². The van der Waals surface area contributed by atoms with E-state index < -0.39 is 0 Å². The van der Waals surface area contributed by atoms with E-state index in [1.807, 2.05) is 36.4 Å². The quantitative estimate of drug-likeness (QED) is 0.285. The number of hydrogen-bond acceptors (Lipinski definition) is 4. The van der Waals surface area contributed by atoms with Gasteiger partial charge in [0, 0.05) is 34.8 Å². The number of esters is 1. The summed E-state index contributed by atoms with van der Waals surface area (Å²) in [7, 11) is 3.01. The minimum atomic E-state index is -0.311. The van der Waals surface area contributed by atoms with Crippen molar-refractivity contribution in [2.75, 3.05) is 25.9 Å². The van der Waals surface area contributed by atoms with Crippen LogP contribution in [0, 0.1) is 3.57 Å². The highest BCUT2D eigenvalue weighted by Gasteiger charge is 2.38. The number of anilines is 1. The first-order valence-electron chi connectivity index (χ1n) is 10.3. The number of fused-ring (bicyclic) bond motifs is 1. The zero-order valence-electron chi connectivity index (χ0n) is 17.8. The highest BCUT2D eigenvalue weighted by Crippen LogP contribution is 2.42. The normalized spacial score (nSPS) is 18.0. The Morgan fingerprint density at radius 3 is 2.63 bits per heavy atom. The smallest absolute Gasteiger partial charge is 0.354 e. The largest absolute Gasteiger partial charge is 0.464 e. The van der Waals surface area contributed by atoms with Crippen LogP contribution in [0.15, 0.2) is 36.4 Å². The monoisotopic (exact) mass is 524 g/mol. The number of halogens is 1. The van der Waals surface area contributed by atoms with Gasteiger partial charge in [-0.15, -0.1) is 0 Å². The van der Waals surface area contributed by atoms with E-state index in [2.05, 4.69) is 34.1 Å². The standard InChI is InChI=1S/C23H29IN2O4/c1-4-23(13-7-15-25-19(22(28)30-3)10-11-20(23)25)14-12-21(27)26(16-29-2)18-9-6-5-8-17(18)24/h5-6,8-11H,4,7,12-16H2,1-3H3/t23-/m1/s1. The third-order valence-electron chi connectivity index (χ3n) is 6.15. The second-order valence-electron chi connectivity index (χ2n) is 7.68. The average Bonchev–Trinajstić information content (AvgIpc) is 3.21. The summed E-state index contributed by atoms with van der Waals surface area (Å²) in [4.78, 5) is 27.1. The highest BCUT2D eigenvalue weighted by atomic mass is 127. The summed E-state index contributed by atoms with van der Waals surface area (Å²) >= 11 is 2.25. The lowest BCUT2D eigenvalue weighted by atomic mass is 9.72. The number of benzene rings is 1. The molecular formula is C23H29IN2O4. The van der Waals surface area contributed by atoms with Crippen LogP contribution in [0.4, 0.5) is 5.69 Å². The number of carbonyl (C=O) groups is 2. The molecule has 0 unspecified atom stereocenters. The number of aromatic nitrogens is 1. The molecule has 0 radical (unpaired) electrons. The zero-order valence-corrected chi connectivity index (χ0v) is 20.0. The zero-order chi connectivity index (χ0) is 21.7. The lowest BCUT2D eigenvalue weighted by Gasteiger charge is -2.39. The van der Waals surface area contributed by atoms with Gasteiger partial charge in [0.2, 0.25) is 5.91 Å². The molecule has 1 aromatic heterocycles. The van der Waals surface area contributed by atoms with Gasteiger partial charge >= 0.3 is 5.97 Å². The number of para-hydroxylation sites is 1. The molecule has 0 N–H and O–H groups in total. The highest BCUT2D eigenvalue weighted by molar-refractivity contribution is 14.1. The van der Waals surface area contributed by atoms with Gasteiger partial charge in [0.1, 0.15) is 12.4 Å².